The van der Waals surface area contributed by atoms with Crippen molar-refractivity contribution >= 4 is 40.1 Å². The number of rotatable bonds is 8. The summed E-state index contributed by atoms with van der Waals surface area (Å²) in [6.45, 7) is 10.8. The third-order valence-corrected chi connectivity index (χ3v) is 5.10. The first-order valence-electron chi connectivity index (χ1n) is 10.2. The summed E-state index contributed by atoms with van der Waals surface area (Å²) >= 11 is 6.35. The van der Waals surface area contributed by atoms with Gasteiger partial charge in [-0.3, -0.25) is 4.68 Å². The lowest BCUT2D eigenvalue weighted by molar-refractivity contribution is 0.208. The van der Waals surface area contributed by atoms with E-state index in [1.807, 2.05) is 22.9 Å². The third-order valence-electron chi connectivity index (χ3n) is 4.75. The number of nitrogen functional groups attached to an aromatic ring is 1. The Morgan fingerprint density at radius 3 is 2.47 bits per heavy atom. The topological polar surface area (TPSA) is 114 Å². The van der Waals surface area contributed by atoms with Gasteiger partial charge in [0, 0.05) is 35.4 Å². The number of hydrogen-bond acceptors (Lipinski definition) is 7. The molecule has 9 heteroatoms. The highest BCUT2D eigenvalue weighted by molar-refractivity contribution is 6.31. The molecule has 0 amide bonds. The standard InChI is InChI=1S/C21H30ClN7O/c1-11(2)17-18-19(29(28-17)12(3)4)20(27-21(26-18)25-9-13(5)30)24-10-14-15(22)7-6-8-16(14)23/h6-8,11-13,30H,9-10,23H2,1-5H3,(H2,24,25,26,27). The number of aliphatic hydroxyl groups is 1. The van der Waals surface area contributed by atoms with Crippen molar-refractivity contribution in [3.63, 3.8) is 0 Å². The number of nitrogens with two attached hydrogens (primary N) is 1. The second-order valence-corrected chi connectivity index (χ2v) is 8.47. The average Bonchev–Trinajstić information content (AvgIpc) is 3.06. The van der Waals surface area contributed by atoms with Crippen LogP contribution in [-0.2, 0) is 6.54 Å². The van der Waals surface area contributed by atoms with Gasteiger partial charge in [0.05, 0.1) is 11.8 Å². The van der Waals surface area contributed by atoms with Crippen LogP contribution in [0.4, 0.5) is 17.5 Å². The molecule has 5 N–H and O–H groups in total. The van der Waals surface area contributed by atoms with Crippen LogP contribution >= 0.6 is 11.6 Å². The maximum Gasteiger partial charge on any atom is 0.225 e. The summed E-state index contributed by atoms with van der Waals surface area (Å²) in [4.78, 5) is 9.39. The van der Waals surface area contributed by atoms with Gasteiger partial charge >= 0.3 is 0 Å². The summed E-state index contributed by atoms with van der Waals surface area (Å²) in [6, 6.07) is 5.59. The average molecular weight is 432 g/mol. The second kappa shape index (κ2) is 9.06. The summed E-state index contributed by atoms with van der Waals surface area (Å²) in [5, 5.41) is 21.6. The molecule has 0 bridgehead atoms. The van der Waals surface area contributed by atoms with E-state index in [4.69, 9.17) is 27.4 Å². The molecule has 0 saturated heterocycles. The van der Waals surface area contributed by atoms with Gasteiger partial charge in [-0.1, -0.05) is 31.5 Å². The van der Waals surface area contributed by atoms with E-state index in [2.05, 4.69) is 43.3 Å². The smallest absolute Gasteiger partial charge is 0.225 e. The van der Waals surface area contributed by atoms with Crippen molar-refractivity contribution in [1.29, 1.82) is 0 Å². The maximum absolute atomic E-state index is 9.65. The summed E-state index contributed by atoms with van der Waals surface area (Å²) in [5.74, 6) is 1.27. The maximum atomic E-state index is 9.65. The number of aliphatic hydroxyl groups excluding tert-OH is 1. The minimum absolute atomic E-state index is 0.130. The number of halogens is 1. The Hall–Kier alpha value is -2.58. The minimum atomic E-state index is -0.522. The first-order valence-corrected chi connectivity index (χ1v) is 10.6. The quantitative estimate of drug-likeness (QED) is 0.395. The van der Waals surface area contributed by atoms with Crippen molar-refractivity contribution in [3.05, 3.63) is 34.5 Å². The van der Waals surface area contributed by atoms with E-state index in [9.17, 15) is 5.11 Å². The molecule has 8 nitrogen and oxygen atoms in total. The van der Waals surface area contributed by atoms with Gasteiger partial charge < -0.3 is 21.5 Å². The van der Waals surface area contributed by atoms with E-state index in [-0.39, 0.29) is 12.0 Å². The van der Waals surface area contributed by atoms with Crippen molar-refractivity contribution in [1.82, 2.24) is 19.7 Å². The molecule has 0 aliphatic rings. The lowest BCUT2D eigenvalue weighted by atomic mass is 10.1. The SMILES string of the molecule is CC(O)CNc1nc(NCc2c(N)cccc2Cl)c2c(n1)c(C(C)C)nn2C(C)C. The van der Waals surface area contributed by atoms with E-state index in [1.54, 1.807) is 6.92 Å². The summed E-state index contributed by atoms with van der Waals surface area (Å²) in [7, 11) is 0. The van der Waals surface area contributed by atoms with Gasteiger partial charge in [0.15, 0.2) is 5.82 Å². The van der Waals surface area contributed by atoms with E-state index in [0.29, 0.717) is 35.6 Å². The predicted molar refractivity (Wildman–Crippen MR) is 123 cm³/mol. The van der Waals surface area contributed by atoms with Gasteiger partial charge in [0.1, 0.15) is 11.0 Å². The number of hydrogen-bond donors (Lipinski definition) is 4. The van der Waals surface area contributed by atoms with Crippen LogP contribution in [0.25, 0.3) is 11.0 Å². The van der Waals surface area contributed by atoms with Gasteiger partial charge in [0.25, 0.3) is 0 Å². The lowest BCUT2D eigenvalue weighted by Gasteiger charge is -2.15. The van der Waals surface area contributed by atoms with Crippen LogP contribution < -0.4 is 16.4 Å². The van der Waals surface area contributed by atoms with E-state index in [0.717, 1.165) is 22.3 Å². The highest BCUT2D eigenvalue weighted by Gasteiger charge is 2.22. The van der Waals surface area contributed by atoms with Crippen molar-refractivity contribution in [2.45, 2.75) is 59.2 Å². The number of benzene rings is 1. The molecule has 0 radical (unpaired) electrons. The molecule has 1 atom stereocenters. The Balaban J connectivity index is 2.11. The van der Waals surface area contributed by atoms with Crippen LogP contribution in [0.3, 0.4) is 0 Å². The highest BCUT2D eigenvalue weighted by Crippen LogP contribution is 2.32. The molecule has 30 heavy (non-hydrogen) atoms. The van der Waals surface area contributed by atoms with Gasteiger partial charge in [-0.05, 0) is 38.8 Å². The molecule has 3 aromatic rings. The largest absolute Gasteiger partial charge is 0.398 e. The van der Waals surface area contributed by atoms with Crippen LogP contribution in [0.15, 0.2) is 18.2 Å². The molecule has 0 aliphatic heterocycles. The Kier molecular flexibility index (Phi) is 6.67. The molecule has 0 spiro atoms. The fraction of sp³-hybridized carbons (Fsp3) is 0.476. The molecule has 1 unspecified atom stereocenters. The van der Waals surface area contributed by atoms with Crippen LogP contribution in [0.2, 0.25) is 5.02 Å². The Labute approximate surface area is 181 Å². The van der Waals surface area contributed by atoms with Crippen molar-refractivity contribution < 1.29 is 5.11 Å². The molecule has 0 aliphatic carbocycles. The van der Waals surface area contributed by atoms with Gasteiger partial charge in [-0.15, -0.1) is 0 Å². The molecular formula is C21H30ClN7O. The second-order valence-electron chi connectivity index (χ2n) is 8.06. The molecule has 1 aromatic carbocycles. The lowest BCUT2D eigenvalue weighted by Crippen LogP contribution is -2.18. The molecule has 0 fully saturated rings. The Morgan fingerprint density at radius 2 is 1.87 bits per heavy atom. The van der Waals surface area contributed by atoms with Gasteiger partial charge in [0.2, 0.25) is 5.95 Å². The zero-order chi connectivity index (χ0) is 22.0. The highest BCUT2D eigenvalue weighted by atomic mass is 35.5. The summed E-state index contributed by atoms with van der Waals surface area (Å²) in [6.07, 6.45) is -0.522. The summed E-state index contributed by atoms with van der Waals surface area (Å²) < 4.78 is 1.95. The zero-order valence-electron chi connectivity index (χ0n) is 18.1. The van der Waals surface area contributed by atoms with Crippen LogP contribution in [0.5, 0.6) is 0 Å². The predicted octanol–water partition coefficient (Wildman–Crippen LogP) is 4.17. The Bertz CT molecular complexity index is 1010. The first kappa shape index (κ1) is 22.1. The fourth-order valence-corrected chi connectivity index (χ4v) is 3.45. The van der Waals surface area contributed by atoms with E-state index >= 15 is 0 Å². The molecule has 3 rings (SSSR count). The first-order chi connectivity index (χ1) is 14.2. The minimum Gasteiger partial charge on any atom is -0.398 e. The van der Waals surface area contributed by atoms with Crippen molar-refractivity contribution in [2.24, 2.45) is 0 Å². The monoisotopic (exact) mass is 431 g/mol. The number of aromatic nitrogens is 4. The Morgan fingerprint density at radius 1 is 1.13 bits per heavy atom. The van der Waals surface area contributed by atoms with Crippen LogP contribution in [0, 0.1) is 0 Å². The number of nitrogens with zero attached hydrogens (tertiary/aromatic N) is 4. The van der Waals surface area contributed by atoms with E-state index < -0.39 is 6.10 Å². The number of fused-ring (bicyclic) bond motifs is 1. The molecule has 162 valence electrons. The third kappa shape index (κ3) is 4.60. The zero-order valence-corrected chi connectivity index (χ0v) is 18.8. The molecule has 2 aromatic heterocycles. The molecule has 2 heterocycles. The van der Waals surface area contributed by atoms with Crippen LogP contribution in [0.1, 0.15) is 57.8 Å². The molecule has 0 saturated carbocycles. The number of nitrogens with one attached hydrogen (secondary N) is 2. The summed E-state index contributed by atoms with van der Waals surface area (Å²) in [5.41, 5.74) is 10.1. The molecular weight excluding hydrogens is 402 g/mol. The van der Waals surface area contributed by atoms with Gasteiger partial charge in [-0.25, -0.2) is 4.98 Å². The number of anilines is 3. The van der Waals surface area contributed by atoms with Gasteiger partial charge in [-0.2, -0.15) is 10.1 Å². The van der Waals surface area contributed by atoms with Crippen LogP contribution in [-0.4, -0.2) is 37.5 Å². The van der Waals surface area contributed by atoms with Crippen molar-refractivity contribution in [3.8, 4) is 0 Å². The fourth-order valence-electron chi connectivity index (χ4n) is 3.20. The normalized spacial score (nSPS) is 12.7. The van der Waals surface area contributed by atoms with E-state index in [1.165, 1.54) is 0 Å². The van der Waals surface area contributed by atoms with Crippen molar-refractivity contribution in [2.75, 3.05) is 22.9 Å².